The van der Waals surface area contributed by atoms with E-state index in [0.717, 1.165) is 29.0 Å². The third-order valence-corrected chi connectivity index (χ3v) is 6.24. The number of anilines is 1. The number of carbonyl (C=O) groups excluding carboxylic acids is 2. The molecule has 2 aromatic rings. The summed E-state index contributed by atoms with van der Waals surface area (Å²) in [7, 11) is 0. The van der Waals surface area contributed by atoms with Crippen molar-refractivity contribution in [2.45, 2.75) is 45.2 Å². The zero-order valence-electron chi connectivity index (χ0n) is 16.8. The summed E-state index contributed by atoms with van der Waals surface area (Å²) in [6.07, 6.45) is 0.723. The summed E-state index contributed by atoms with van der Waals surface area (Å²) in [5.74, 6) is -1.71. The second kappa shape index (κ2) is 7.58. The molecule has 0 fully saturated rings. The first kappa shape index (κ1) is 21.0. The number of thiophene rings is 1. The number of hydrogen-bond acceptors (Lipinski definition) is 5. The molecule has 0 atom stereocenters. The molecule has 0 radical (unpaired) electrons. The molecule has 6 nitrogen and oxygen atoms in total. The predicted octanol–water partition coefficient (Wildman–Crippen LogP) is 2.69. The standard InChI is InChI=1S/C21H22FN3O3S/c1-20(2)9-14-15(10-23)18(29-17(14)21(3,4)25-20)24-16(26)11-28-19(27)12-5-7-13(22)8-6-12/h5-8,25H,9,11H2,1-4H3,(H,24,26)/p+1. The van der Waals surface area contributed by atoms with Gasteiger partial charge in [-0.3, -0.25) is 4.79 Å². The molecule has 0 saturated heterocycles. The molecule has 0 aliphatic carbocycles. The number of esters is 1. The van der Waals surface area contributed by atoms with Crippen LogP contribution in [0.1, 0.15) is 54.1 Å². The Morgan fingerprint density at radius 2 is 1.93 bits per heavy atom. The van der Waals surface area contributed by atoms with Crippen LogP contribution < -0.4 is 10.6 Å². The number of nitriles is 1. The summed E-state index contributed by atoms with van der Waals surface area (Å²) in [5, 5.41) is 15.1. The fourth-order valence-electron chi connectivity index (χ4n) is 3.87. The van der Waals surface area contributed by atoms with Crippen LogP contribution in [0.4, 0.5) is 9.39 Å². The van der Waals surface area contributed by atoms with Crippen molar-refractivity contribution in [3.63, 3.8) is 0 Å². The number of quaternary nitrogens is 1. The van der Waals surface area contributed by atoms with Gasteiger partial charge in [-0.2, -0.15) is 5.26 Å². The third-order valence-electron chi connectivity index (χ3n) is 4.76. The highest BCUT2D eigenvalue weighted by molar-refractivity contribution is 7.16. The molecule has 1 aliphatic heterocycles. The number of rotatable bonds is 4. The van der Waals surface area contributed by atoms with Crippen LogP contribution in [0.3, 0.4) is 0 Å². The number of nitrogens with one attached hydrogen (secondary N) is 1. The number of amides is 1. The Bertz CT molecular complexity index is 1000. The molecular weight excluding hydrogens is 393 g/mol. The maximum Gasteiger partial charge on any atom is 0.338 e. The minimum atomic E-state index is -0.719. The van der Waals surface area contributed by atoms with Crippen molar-refractivity contribution in [2.24, 2.45) is 0 Å². The highest BCUT2D eigenvalue weighted by Crippen LogP contribution is 2.41. The predicted molar refractivity (Wildman–Crippen MR) is 107 cm³/mol. The largest absolute Gasteiger partial charge is 0.452 e. The molecule has 0 bridgehead atoms. The molecule has 0 unspecified atom stereocenters. The molecule has 0 saturated carbocycles. The molecule has 3 rings (SSSR count). The Hall–Kier alpha value is -2.76. The molecule has 3 N–H and O–H groups in total. The van der Waals surface area contributed by atoms with Crippen LogP contribution >= 0.6 is 11.3 Å². The normalized spacial score (nSPS) is 16.4. The quantitative estimate of drug-likeness (QED) is 0.749. The lowest BCUT2D eigenvalue weighted by molar-refractivity contribution is -0.789. The Morgan fingerprint density at radius 3 is 2.55 bits per heavy atom. The summed E-state index contributed by atoms with van der Waals surface area (Å²) in [6, 6.07) is 7.09. The maximum atomic E-state index is 12.9. The van der Waals surface area contributed by atoms with E-state index in [1.54, 1.807) is 0 Å². The van der Waals surface area contributed by atoms with Gasteiger partial charge in [0.05, 0.1) is 21.5 Å². The number of ether oxygens (including phenoxy) is 1. The summed E-state index contributed by atoms with van der Waals surface area (Å²) in [5.41, 5.74) is 1.31. The van der Waals surface area contributed by atoms with Crippen LogP contribution in [-0.4, -0.2) is 24.0 Å². The van der Waals surface area contributed by atoms with E-state index in [-0.39, 0.29) is 16.6 Å². The summed E-state index contributed by atoms with van der Waals surface area (Å²) < 4.78 is 17.9. The number of fused-ring (bicyclic) bond motifs is 1. The van der Waals surface area contributed by atoms with Gasteiger partial charge in [0, 0.05) is 6.42 Å². The topological polar surface area (TPSA) is 95.8 Å². The molecule has 1 aromatic heterocycles. The van der Waals surface area contributed by atoms with E-state index < -0.39 is 24.3 Å². The van der Waals surface area contributed by atoms with Crippen molar-refractivity contribution in [3.05, 3.63) is 51.7 Å². The number of benzene rings is 1. The Labute approximate surface area is 172 Å². The van der Waals surface area contributed by atoms with Crippen LogP contribution in [0.5, 0.6) is 0 Å². The second-order valence-corrected chi connectivity index (χ2v) is 9.41. The van der Waals surface area contributed by atoms with Gasteiger partial charge in [-0.25, -0.2) is 9.18 Å². The molecule has 2 heterocycles. The van der Waals surface area contributed by atoms with Crippen molar-refractivity contribution in [2.75, 3.05) is 11.9 Å². The van der Waals surface area contributed by atoms with Crippen molar-refractivity contribution in [1.29, 1.82) is 5.26 Å². The zero-order chi connectivity index (χ0) is 21.4. The van der Waals surface area contributed by atoms with E-state index in [0.29, 0.717) is 10.6 Å². The van der Waals surface area contributed by atoms with Crippen LogP contribution in [-0.2, 0) is 21.5 Å². The van der Waals surface area contributed by atoms with Crippen LogP contribution in [0.25, 0.3) is 0 Å². The van der Waals surface area contributed by atoms with Gasteiger partial charge >= 0.3 is 5.97 Å². The van der Waals surface area contributed by atoms with Crippen molar-refractivity contribution in [3.8, 4) is 6.07 Å². The first-order valence-corrected chi connectivity index (χ1v) is 10.00. The smallest absolute Gasteiger partial charge is 0.338 e. The van der Waals surface area contributed by atoms with Gasteiger partial charge in [-0.15, -0.1) is 11.3 Å². The van der Waals surface area contributed by atoms with Crippen LogP contribution in [0.15, 0.2) is 24.3 Å². The fraction of sp³-hybridized carbons (Fsp3) is 0.381. The van der Waals surface area contributed by atoms with Crippen molar-refractivity contribution in [1.82, 2.24) is 0 Å². The lowest BCUT2D eigenvalue weighted by Crippen LogP contribution is -3.03. The first-order valence-electron chi connectivity index (χ1n) is 9.18. The molecule has 1 aliphatic rings. The highest BCUT2D eigenvalue weighted by Gasteiger charge is 2.44. The van der Waals surface area contributed by atoms with Gasteiger partial charge in [0.2, 0.25) is 0 Å². The maximum absolute atomic E-state index is 12.9. The first-order chi connectivity index (χ1) is 13.5. The molecule has 1 aromatic carbocycles. The van der Waals surface area contributed by atoms with E-state index in [2.05, 4.69) is 44.4 Å². The van der Waals surface area contributed by atoms with Gasteiger partial charge in [0.15, 0.2) is 6.61 Å². The van der Waals surface area contributed by atoms with Gasteiger partial charge in [0.1, 0.15) is 22.4 Å². The number of nitrogens with two attached hydrogens (primary N) is 1. The van der Waals surface area contributed by atoms with E-state index in [1.807, 2.05) is 0 Å². The number of halogens is 1. The molecule has 29 heavy (non-hydrogen) atoms. The van der Waals surface area contributed by atoms with E-state index in [1.165, 1.54) is 23.5 Å². The highest BCUT2D eigenvalue weighted by atomic mass is 32.1. The Kier molecular flexibility index (Phi) is 5.48. The average Bonchev–Trinajstić information content (AvgIpc) is 2.96. The van der Waals surface area contributed by atoms with Gasteiger partial charge in [0.25, 0.3) is 5.91 Å². The van der Waals surface area contributed by atoms with Gasteiger partial charge in [-0.1, -0.05) is 0 Å². The third kappa shape index (κ3) is 4.47. The molecule has 1 amide bonds. The fourth-order valence-corrected chi connectivity index (χ4v) is 5.13. The van der Waals surface area contributed by atoms with Crippen LogP contribution in [0, 0.1) is 17.1 Å². The molecule has 0 spiro atoms. The summed E-state index contributed by atoms with van der Waals surface area (Å²) >= 11 is 1.39. The number of carbonyl (C=O) groups is 2. The number of nitrogens with zero attached hydrogens (tertiary/aromatic N) is 1. The molecular formula is C21H23FN3O3S+. The minimum Gasteiger partial charge on any atom is -0.452 e. The summed E-state index contributed by atoms with van der Waals surface area (Å²) in [6.45, 7) is 7.96. The molecule has 152 valence electrons. The van der Waals surface area contributed by atoms with Crippen molar-refractivity contribution < 1.29 is 24.0 Å². The Balaban J connectivity index is 1.73. The van der Waals surface area contributed by atoms with E-state index in [4.69, 9.17) is 4.74 Å². The monoisotopic (exact) mass is 416 g/mol. The van der Waals surface area contributed by atoms with Crippen LogP contribution in [0.2, 0.25) is 0 Å². The lowest BCUT2D eigenvalue weighted by Gasteiger charge is -2.38. The number of hydrogen-bond donors (Lipinski definition) is 2. The van der Waals surface area contributed by atoms with Gasteiger partial charge < -0.3 is 15.4 Å². The average molecular weight is 416 g/mol. The lowest BCUT2D eigenvalue weighted by atomic mass is 9.81. The van der Waals surface area contributed by atoms with E-state index >= 15 is 0 Å². The minimum absolute atomic E-state index is 0.0604. The van der Waals surface area contributed by atoms with Gasteiger partial charge in [-0.05, 0) is 57.5 Å². The zero-order valence-corrected chi connectivity index (χ0v) is 17.6. The summed E-state index contributed by atoms with van der Waals surface area (Å²) in [4.78, 5) is 25.3. The Morgan fingerprint density at radius 1 is 1.28 bits per heavy atom. The SMILES string of the molecule is CC1(C)Cc2c(sc(NC(=O)COC(=O)c3ccc(F)cc3)c2C#N)C(C)(C)[NH2+]1. The van der Waals surface area contributed by atoms with E-state index in [9.17, 15) is 19.2 Å². The second-order valence-electron chi connectivity index (χ2n) is 8.39. The molecule has 8 heteroatoms. The van der Waals surface area contributed by atoms with Crippen molar-refractivity contribution >= 4 is 28.2 Å².